The fourth-order valence-electron chi connectivity index (χ4n) is 5.15. The standard InChI is InChI=1S/C23H23NO3/c1-3-9-17-14-20(26)23(21(17)16-10-5-4-6-11-16)22(27)18-12-7-8-13-19(18)24(23)15(2)25/h4-8,10-13,17,21H,3,9,14H2,1-2H3/t17-,21+,23+/m0/s1. The summed E-state index contributed by atoms with van der Waals surface area (Å²) in [6, 6.07) is 16.8. The number of ketones is 2. The lowest BCUT2D eigenvalue weighted by atomic mass is 9.73. The number of carbonyl (C=O) groups excluding carboxylic acids is 3. The molecular formula is C23H23NO3. The second-order valence-corrected chi connectivity index (χ2v) is 7.53. The van der Waals surface area contributed by atoms with E-state index < -0.39 is 5.54 Å². The maximum absolute atomic E-state index is 13.7. The highest BCUT2D eigenvalue weighted by atomic mass is 16.2. The molecule has 4 nitrogen and oxygen atoms in total. The second kappa shape index (κ2) is 6.45. The smallest absolute Gasteiger partial charge is 0.225 e. The summed E-state index contributed by atoms with van der Waals surface area (Å²) in [6.07, 6.45) is 2.11. The molecule has 1 amide bonds. The number of rotatable bonds is 3. The summed E-state index contributed by atoms with van der Waals surface area (Å²) in [4.78, 5) is 41.3. The van der Waals surface area contributed by atoms with Crippen LogP contribution in [0.4, 0.5) is 5.69 Å². The molecule has 1 heterocycles. The topological polar surface area (TPSA) is 54.5 Å². The minimum absolute atomic E-state index is 0.0463. The van der Waals surface area contributed by atoms with Crippen LogP contribution in [0.1, 0.15) is 54.9 Å². The first-order valence-corrected chi connectivity index (χ1v) is 9.56. The first-order chi connectivity index (χ1) is 13.0. The van der Waals surface area contributed by atoms with Crippen molar-refractivity contribution >= 4 is 23.2 Å². The average Bonchev–Trinajstić information content (AvgIpc) is 3.09. The number of para-hydroxylation sites is 1. The maximum Gasteiger partial charge on any atom is 0.225 e. The highest BCUT2D eigenvalue weighted by molar-refractivity contribution is 6.32. The molecule has 4 rings (SSSR count). The van der Waals surface area contributed by atoms with Gasteiger partial charge < -0.3 is 0 Å². The number of amides is 1. The van der Waals surface area contributed by atoms with Gasteiger partial charge in [-0.3, -0.25) is 19.3 Å². The molecule has 0 aromatic heterocycles. The largest absolute Gasteiger partial charge is 0.296 e. The van der Waals surface area contributed by atoms with Crippen molar-refractivity contribution < 1.29 is 14.4 Å². The number of Topliss-reactive ketones (excluding diaryl/α,β-unsaturated/α-hetero) is 2. The third-order valence-corrected chi connectivity index (χ3v) is 6.02. The highest BCUT2D eigenvalue weighted by Gasteiger charge is 2.67. The van der Waals surface area contributed by atoms with Crippen LogP contribution in [0.25, 0.3) is 0 Å². The van der Waals surface area contributed by atoms with Gasteiger partial charge in [0.1, 0.15) is 0 Å². The summed E-state index contributed by atoms with van der Waals surface area (Å²) in [7, 11) is 0. The normalized spacial score (nSPS) is 26.7. The van der Waals surface area contributed by atoms with Crippen molar-refractivity contribution in [3.05, 3.63) is 65.7 Å². The number of benzene rings is 2. The molecular weight excluding hydrogens is 338 g/mol. The van der Waals surface area contributed by atoms with Crippen LogP contribution in [-0.4, -0.2) is 23.0 Å². The van der Waals surface area contributed by atoms with E-state index in [1.807, 2.05) is 36.4 Å². The van der Waals surface area contributed by atoms with E-state index in [9.17, 15) is 14.4 Å². The van der Waals surface area contributed by atoms with Gasteiger partial charge in [-0.2, -0.15) is 0 Å². The Kier molecular flexibility index (Phi) is 4.22. The summed E-state index contributed by atoms with van der Waals surface area (Å²) < 4.78 is 0. The van der Waals surface area contributed by atoms with Crippen LogP contribution < -0.4 is 4.90 Å². The molecule has 1 spiro atoms. The zero-order valence-electron chi connectivity index (χ0n) is 15.6. The predicted octanol–water partition coefficient (Wildman–Crippen LogP) is 4.15. The first-order valence-electron chi connectivity index (χ1n) is 9.56. The van der Waals surface area contributed by atoms with Gasteiger partial charge >= 0.3 is 0 Å². The average molecular weight is 361 g/mol. The molecule has 2 aromatic carbocycles. The molecule has 4 heteroatoms. The van der Waals surface area contributed by atoms with Crippen molar-refractivity contribution in [1.82, 2.24) is 0 Å². The van der Waals surface area contributed by atoms with Crippen LogP contribution in [0.3, 0.4) is 0 Å². The SMILES string of the molecule is CCC[C@H]1CC(=O)[C@]2(C(=O)c3ccccc3N2C(C)=O)[C@@H]1c1ccccc1. The maximum atomic E-state index is 13.7. The Balaban J connectivity index is 1.99. The molecule has 2 aliphatic rings. The Morgan fingerprint density at radius 3 is 2.41 bits per heavy atom. The van der Waals surface area contributed by atoms with Crippen LogP contribution in [0.2, 0.25) is 0 Å². The Morgan fingerprint density at radius 2 is 1.74 bits per heavy atom. The second-order valence-electron chi connectivity index (χ2n) is 7.53. The van der Waals surface area contributed by atoms with Crippen molar-refractivity contribution in [1.29, 1.82) is 0 Å². The molecule has 0 N–H and O–H groups in total. The molecule has 3 atom stereocenters. The monoisotopic (exact) mass is 361 g/mol. The van der Waals surface area contributed by atoms with Crippen molar-refractivity contribution in [3.8, 4) is 0 Å². The molecule has 1 fully saturated rings. The van der Waals surface area contributed by atoms with Gasteiger partial charge in [0.2, 0.25) is 5.91 Å². The molecule has 1 aliphatic carbocycles. The first kappa shape index (κ1) is 17.7. The Morgan fingerprint density at radius 1 is 1.07 bits per heavy atom. The quantitative estimate of drug-likeness (QED) is 0.772. The fraction of sp³-hybridized carbons (Fsp3) is 0.348. The number of carbonyl (C=O) groups is 3. The lowest BCUT2D eigenvalue weighted by Gasteiger charge is -2.38. The van der Waals surface area contributed by atoms with Crippen LogP contribution >= 0.6 is 0 Å². The number of anilines is 1. The van der Waals surface area contributed by atoms with Crippen molar-refractivity contribution in [3.63, 3.8) is 0 Å². The van der Waals surface area contributed by atoms with Gasteiger partial charge in [0.25, 0.3) is 0 Å². The van der Waals surface area contributed by atoms with Gasteiger partial charge in [-0.15, -0.1) is 0 Å². The molecule has 0 bridgehead atoms. The van der Waals surface area contributed by atoms with Crippen molar-refractivity contribution in [2.45, 2.75) is 44.6 Å². The van der Waals surface area contributed by atoms with Crippen LogP contribution in [0.5, 0.6) is 0 Å². The third kappa shape index (κ3) is 2.32. The Hall–Kier alpha value is -2.75. The van der Waals surface area contributed by atoms with E-state index in [1.54, 1.807) is 18.2 Å². The number of hydrogen-bond acceptors (Lipinski definition) is 3. The number of nitrogens with zero attached hydrogens (tertiary/aromatic N) is 1. The summed E-state index contributed by atoms with van der Waals surface area (Å²) in [5, 5.41) is 0. The van der Waals surface area contributed by atoms with Gasteiger partial charge in [-0.05, 0) is 30.0 Å². The fourth-order valence-corrected chi connectivity index (χ4v) is 5.15. The molecule has 0 radical (unpaired) electrons. The molecule has 1 aliphatic heterocycles. The number of hydrogen-bond donors (Lipinski definition) is 0. The Bertz CT molecular complexity index is 920. The van der Waals surface area contributed by atoms with Gasteiger partial charge in [-0.1, -0.05) is 55.8 Å². The highest BCUT2D eigenvalue weighted by Crippen LogP contribution is 2.56. The molecule has 0 unspecified atom stereocenters. The van der Waals surface area contributed by atoms with Crippen molar-refractivity contribution in [2.24, 2.45) is 5.92 Å². The molecule has 1 saturated carbocycles. The van der Waals surface area contributed by atoms with E-state index in [1.165, 1.54) is 11.8 Å². The third-order valence-electron chi connectivity index (χ3n) is 6.02. The lowest BCUT2D eigenvalue weighted by molar-refractivity contribution is -0.125. The number of fused-ring (bicyclic) bond motifs is 1. The van der Waals surface area contributed by atoms with Crippen molar-refractivity contribution in [2.75, 3.05) is 4.90 Å². The minimum atomic E-state index is -1.45. The lowest BCUT2D eigenvalue weighted by Crippen LogP contribution is -2.59. The van der Waals surface area contributed by atoms with Crippen LogP contribution in [0.15, 0.2) is 54.6 Å². The van der Waals surface area contributed by atoms with E-state index in [0.29, 0.717) is 17.7 Å². The zero-order valence-corrected chi connectivity index (χ0v) is 15.6. The van der Waals surface area contributed by atoms with Crippen LogP contribution in [0, 0.1) is 5.92 Å². The summed E-state index contributed by atoms with van der Waals surface area (Å²) in [5.74, 6) is -0.906. The minimum Gasteiger partial charge on any atom is -0.296 e. The van der Waals surface area contributed by atoms with E-state index in [2.05, 4.69) is 6.92 Å². The molecule has 27 heavy (non-hydrogen) atoms. The van der Waals surface area contributed by atoms with Gasteiger partial charge in [0, 0.05) is 24.8 Å². The van der Waals surface area contributed by atoms with E-state index >= 15 is 0 Å². The summed E-state index contributed by atoms with van der Waals surface area (Å²) in [6.45, 7) is 3.53. The zero-order chi connectivity index (χ0) is 19.2. The predicted molar refractivity (Wildman–Crippen MR) is 104 cm³/mol. The van der Waals surface area contributed by atoms with Gasteiger partial charge in [-0.25, -0.2) is 0 Å². The van der Waals surface area contributed by atoms with E-state index in [-0.39, 0.29) is 29.3 Å². The molecule has 138 valence electrons. The summed E-state index contributed by atoms with van der Waals surface area (Å²) in [5.41, 5.74) is 0.534. The van der Waals surface area contributed by atoms with Crippen LogP contribution in [-0.2, 0) is 9.59 Å². The van der Waals surface area contributed by atoms with Gasteiger partial charge in [0.05, 0.1) is 5.69 Å². The van der Waals surface area contributed by atoms with E-state index in [4.69, 9.17) is 0 Å². The van der Waals surface area contributed by atoms with E-state index in [0.717, 1.165) is 18.4 Å². The Labute approximate surface area is 159 Å². The van der Waals surface area contributed by atoms with Gasteiger partial charge in [0.15, 0.2) is 17.1 Å². The molecule has 2 aromatic rings. The summed E-state index contributed by atoms with van der Waals surface area (Å²) >= 11 is 0. The molecule has 0 saturated heterocycles.